The molecule has 2 aliphatic rings. The normalized spacial score (nSPS) is 40.6. The van der Waals surface area contributed by atoms with Gasteiger partial charge in [0.2, 0.25) is 0 Å². The van der Waals surface area contributed by atoms with Crippen molar-refractivity contribution in [1.82, 2.24) is 0 Å². The molecule has 0 heterocycles. The number of hydrogen-bond donors (Lipinski definition) is 2. The minimum absolute atomic E-state index is 0.597. The first-order chi connectivity index (χ1) is 5.66. The average Bonchev–Trinajstić information content (AvgIpc) is 2.59. The van der Waals surface area contributed by atoms with Crippen LogP contribution in [0.2, 0.25) is 0 Å². The van der Waals surface area contributed by atoms with Crippen LogP contribution in [-0.2, 0) is 4.79 Å². The summed E-state index contributed by atoms with van der Waals surface area (Å²) < 4.78 is 0. The van der Waals surface area contributed by atoms with Crippen molar-refractivity contribution in [3.63, 3.8) is 0 Å². The Morgan fingerprint density at radius 2 is 2.00 bits per heavy atom. The van der Waals surface area contributed by atoms with Crippen molar-refractivity contribution in [1.29, 1.82) is 0 Å². The van der Waals surface area contributed by atoms with Gasteiger partial charge in [0.1, 0.15) is 6.04 Å². The maximum absolute atomic E-state index is 10.5. The fourth-order valence-corrected chi connectivity index (χ4v) is 2.49. The van der Waals surface area contributed by atoms with E-state index in [9.17, 15) is 4.79 Å². The maximum atomic E-state index is 10.5. The van der Waals surface area contributed by atoms with Crippen LogP contribution in [0.1, 0.15) is 25.7 Å². The summed E-state index contributed by atoms with van der Waals surface area (Å²) in [5.74, 6) is 1.60. The van der Waals surface area contributed by atoms with E-state index < -0.39 is 12.0 Å². The summed E-state index contributed by atoms with van der Waals surface area (Å²) in [7, 11) is 0. The summed E-state index contributed by atoms with van der Waals surface area (Å²) in [6.07, 6.45) is 4.53. The van der Waals surface area contributed by atoms with Gasteiger partial charge in [-0.15, -0.1) is 0 Å². The van der Waals surface area contributed by atoms with Gasteiger partial charge < -0.3 is 10.8 Å². The van der Waals surface area contributed by atoms with E-state index in [0.717, 1.165) is 11.8 Å². The molecule has 12 heavy (non-hydrogen) atoms. The van der Waals surface area contributed by atoms with Gasteiger partial charge in [-0.3, -0.25) is 4.79 Å². The molecule has 0 spiro atoms. The number of hydrogen-bond acceptors (Lipinski definition) is 2. The van der Waals surface area contributed by atoms with Crippen LogP contribution in [-0.4, -0.2) is 17.1 Å². The van der Waals surface area contributed by atoms with E-state index >= 15 is 0 Å². The van der Waals surface area contributed by atoms with Crippen molar-refractivity contribution in [2.24, 2.45) is 23.5 Å². The molecule has 3 N–H and O–H groups in total. The summed E-state index contributed by atoms with van der Waals surface area (Å²) in [6, 6.07) is -0.632. The van der Waals surface area contributed by atoms with E-state index in [4.69, 9.17) is 10.8 Å². The van der Waals surface area contributed by atoms with Crippen LogP contribution < -0.4 is 5.73 Å². The second kappa shape index (κ2) is 2.73. The molecule has 0 amide bonds. The highest BCUT2D eigenvalue weighted by molar-refractivity contribution is 5.73. The minimum Gasteiger partial charge on any atom is -0.480 e. The molecular weight excluding hydrogens is 154 g/mol. The molecule has 3 nitrogen and oxygen atoms in total. The predicted molar refractivity (Wildman–Crippen MR) is 44.5 cm³/mol. The van der Waals surface area contributed by atoms with E-state index in [-0.39, 0.29) is 0 Å². The van der Waals surface area contributed by atoms with Gasteiger partial charge in [-0.2, -0.15) is 0 Å². The van der Waals surface area contributed by atoms with Gasteiger partial charge in [0, 0.05) is 0 Å². The van der Waals surface area contributed by atoms with Crippen LogP contribution in [0, 0.1) is 17.8 Å². The summed E-state index contributed by atoms with van der Waals surface area (Å²) in [5, 5.41) is 8.59. The maximum Gasteiger partial charge on any atom is 0.320 e. The quantitative estimate of drug-likeness (QED) is 0.658. The lowest BCUT2D eigenvalue weighted by Gasteiger charge is -2.13. The monoisotopic (exact) mass is 169 g/mol. The second-order valence-corrected chi connectivity index (χ2v) is 4.27. The average molecular weight is 169 g/mol. The van der Waals surface area contributed by atoms with Crippen molar-refractivity contribution in [2.75, 3.05) is 0 Å². The van der Waals surface area contributed by atoms with Gasteiger partial charge >= 0.3 is 5.97 Å². The molecule has 2 unspecified atom stereocenters. The lowest BCUT2D eigenvalue weighted by atomic mass is 9.95. The molecule has 2 rings (SSSR count). The zero-order chi connectivity index (χ0) is 8.72. The highest BCUT2D eigenvalue weighted by Crippen LogP contribution is 2.55. The van der Waals surface area contributed by atoms with E-state index in [1.54, 1.807) is 0 Å². The Morgan fingerprint density at radius 3 is 2.50 bits per heavy atom. The Morgan fingerprint density at radius 1 is 1.42 bits per heavy atom. The van der Waals surface area contributed by atoms with Crippen molar-refractivity contribution >= 4 is 5.97 Å². The van der Waals surface area contributed by atoms with Gasteiger partial charge in [0.15, 0.2) is 0 Å². The van der Waals surface area contributed by atoms with E-state index in [1.165, 1.54) is 19.3 Å². The van der Waals surface area contributed by atoms with E-state index in [1.807, 2.05) is 0 Å². The molecule has 0 aromatic rings. The van der Waals surface area contributed by atoms with Crippen LogP contribution in [0.4, 0.5) is 0 Å². The number of carboxylic acids is 1. The fraction of sp³-hybridized carbons (Fsp3) is 0.889. The molecule has 0 radical (unpaired) electrons. The third kappa shape index (κ3) is 1.46. The summed E-state index contributed by atoms with van der Waals surface area (Å²) in [6.45, 7) is 0. The number of nitrogens with two attached hydrogens (primary N) is 1. The van der Waals surface area contributed by atoms with Crippen LogP contribution in [0.3, 0.4) is 0 Å². The summed E-state index contributed by atoms with van der Waals surface area (Å²) in [5.41, 5.74) is 5.46. The Bertz CT molecular complexity index is 195. The zero-order valence-corrected chi connectivity index (χ0v) is 7.07. The van der Waals surface area contributed by atoms with Gasteiger partial charge in [0.25, 0.3) is 0 Å². The highest BCUT2D eigenvalue weighted by Gasteiger charge is 2.46. The van der Waals surface area contributed by atoms with Crippen LogP contribution >= 0.6 is 0 Å². The van der Waals surface area contributed by atoms with Crippen LogP contribution in [0.15, 0.2) is 0 Å². The third-order valence-electron chi connectivity index (χ3n) is 3.25. The first-order valence-corrected chi connectivity index (χ1v) is 4.65. The van der Waals surface area contributed by atoms with Crippen molar-refractivity contribution < 1.29 is 9.90 Å². The van der Waals surface area contributed by atoms with E-state index in [0.29, 0.717) is 12.3 Å². The topological polar surface area (TPSA) is 63.3 Å². The van der Waals surface area contributed by atoms with Gasteiger partial charge in [-0.1, -0.05) is 0 Å². The Labute approximate surface area is 71.9 Å². The highest BCUT2D eigenvalue weighted by atomic mass is 16.4. The molecule has 0 saturated heterocycles. The molecule has 68 valence electrons. The Hall–Kier alpha value is -0.570. The lowest BCUT2D eigenvalue weighted by Crippen LogP contribution is -2.32. The van der Waals surface area contributed by atoms with Crippen molar-refractivity contribution in [3.05, 3.63) is 0 Å². The molecule has 0 bridgehead atoms. The third-order valence-corrected chi connectivity index (χ3v) is 3.25. The van der Waals surface area contributed by atoms with Crippen LogP contribution in [0.25, 0.3) is 0 Å². The zero-order valence-electron chi connectivity index (χ0n) is 7.07. The first-order valence-electron chi connectivity index (χ1n) is 4.65. The van der Waals surface area contributed by atoms with Crippen molar-refractivity contribution in [2.45, 2.75) is 31.7 Å². The largest absolute Gasteiger partial charge is 0.480 e. The molecule has 3 heteroatoms. The summed E-state index contributed by atoms with van der Waals surface area (Å²) >= 11 is 0. The summed E-state index contributed by atoms with van der Waals surface area (Å²) in [4.78, 5) is 10.5. The number of aliphatic carboxylic acids is 1. The first kappa shape index (κ1) is 8.05. The number of carbonyl (C=O) groups is 1. The SMILES string of the molecule is NC(CC1C[C@@H]2C[C@@H]2C1)C(=O)O. The molecule has 2 fully saturated rings. The predicted octanol–water partition coefficient (Wildman–Crippen LogP) is 0.834. The molecule has 4 atom stereocenters. The van der Waals surface area contributed by atoms with Crippen LogP contribution in [0.5, 0.6) is 0 Å². The molecule has 0 aliphatic heterocycles. The number of rotatable bonds is 3. The molecule has 0 aromatic heterocycles. The second-order valence-electron chi connectivity index (χ2n) is 4.27. The number of fused-ring (bicyclic) bond motifs is 1. The molecule has 2 saturated carbocycles. The Balaban J connectivity index is 1.76. The molecule has 0 aromatic carbocycles. The van der Waals surface area contributed by atoms with Gasteiger partial charge in [-0.25, -0.2) is 0 Å². The smallest absolute Gasteiger partial charge is 0.320 e. The lowest BCUT2D eigenvalue weighted by molar-refractivity contribution is -0.138. The van der Waals surface area contributed by atoms with Gasteiger partial charge in [0.05, 0.1) is 0 Å². The number of carboxylic acid groups (broad SMARTS) is 1. The van der Waals surface area contributed by atoms with E-state index in [2.05, 4.69) is 0 Å². The standard InChI is InChI=1S/C9H15NO2/c10-8(9(11)12)3-5-1-6-4-7(6)2-5/h5-8H,1-4,10H2,(H,11,12)/t5?,6-,7+,8?. The Kier molecular flexibility index (Phi) is 1.83. The molecular formula is C9H15NO2. The molecule has 2 aliphatic carbocycles. The van der Waals surface area contributed by atoms with Gasteiger partial charge in [-0.05, 0) is 43.4 Å². The minimum atomic E-state index is -0.851. The van der Waals surface area contributed by atoms with Crippen molar-refractivity contribution in [3.8, 4) is 0 Å². The fourth-order valence-electron chi connectivity index (χ4n) is 2.49.